The SMILES string of the molecule is CCCCOC(=O)[C@@H](C)Oc1ccc(C(=O)Nc2cccc(Cl)c2C)cc1. The molecule has 5 nitrogen and oxygen atoms in total. The van der Waals surface area contributed by atoms with E-state index in [0.717, 1.165) is 18.4 Å². The average Bonchev–Trinajstić information content (AvgIpc) is 2.66. The molecule has 0 saturated heterocycles. The van der Waals surface area contributed by atoms with Crippen LogP contribution in [-0.4, -0.2) is 24.6 Å². The van der Waals surface area contributed by atoms with E-state index < -0.39 is 12.1 Å². The minimum absolute atomic E-state index is 0.251. The van der Waals surface area contributed by atoms with Gasteiger partial charge in [-0.05, 0) is 62.2 Å². The van der Waals surface area contributed by atoms with E-state index in [1.165, 1.54) is 0 Å². The lowest BCUT2D eigenvalue weighted by Gasteiger charge is -2.14. The van der Waals surface area contributed by atoms with Crippen molar-refractivity contribution in [1.82, 2.24) is 0 Å². The summed E-state index contributed by atoms with van der Waals surface area (Å²) in [7, 11) is 0. The predicted octanol–water partition coefficient (Wildman–Crippen LogP) is 5.01. The Morgan fingerprint density at radius 3 is 2.52 bits per heavy atom. The van der Waals surface area contributed by atoms with Crippen molar-refractivity contribution in [2.75, 3.05) is 11.9 Å². The minimum atomic E-state index is -0.712. The Labute approximate surface area is 164 Å². The zero-order valence-corrected chi connectivity index (χ0v) is 16.5. The van der Waals surface area contributed by atoms with E-state index >= 15 is 0 Å². The molecular formula is C21H24ClNO4. The van der Waals surface area contributed by atoms with Gasteiger partial charge in [0.05, 0.1) is 6.61 Å². The molecule has 27 heavy (non-hydrogen) atoms. The van der Waals surface area contributed by atoms with Gasteiger partial charge in [0.15, 0.2) is 6.10 Å². The van der Waals surface area contributed by atoms with Crippen LogP contribution in [-0.2, 0) is 9.53 Å². The molecule has 0 aliphatic rings. The predicted molar refractivity (Wildman–Crippen MR) is 107 cm³/mol. The molecule has 2 rings (SSSR count). The Morgan fingerprint density at radius 2 is 1.85 bits per heavy atom. The van der Waals surface area contributed by atoms with Crippen LogP contribution in [0, 0.1) is 6.92 Å². The number of carbonyl (C=O) groups excluding carboxylic acids is 2. The topological polar surface area (TPSA) is 64.6 Å². The summed E-state index contributed by atoms with van der Waals surface area (Å²) < 4.78 is 10.7. The average molecular weight is 390 g/mol. The van der Waals surface area contributed by atoms with Crippen LogP contribution in [0.1, 0.15) is 42.6 Å². The van der Waals surface area contributed by atoms with Crippen LogP contribution in [0.3, 0.4) is 0 Å². The summed E-state index contributed by atoms with van der Waals surface area (Å²) in [6.07, 6.45) is 1.07. The molecular weight excluding hydrogens is 366 g/mol. The Hall–Kier alpha value is -2.53. The van der Waals surface area contributed by atoms with Gasteiger partial charge in [-0.3, -0.25) is 4.79 Å². The van der Waals surface area contributed by atoms with Crippen LogP contribution in [0.4, 0.5) is 5.69 Å². The van der Waals surface area contributed by atoms with Gasteiger partial charge in [-0.25, -0.2) is 4.79 Å². The van der Waals surface area contributed by atoms with Crippen molar-refractivity contribution in [3.8, 4) is 5.75 Å². The number of nitrogens with one attached hydrogen (secondary N) is 1. The third-order valence-electron chi connectivity index (χ3n) is 4.02. The Morgan fingerprint density at radius 1 is 1.15 bits per heavy atom. The summed E-state index contributed by atoms with van der Waals surface area (Å²) in [5, 5.41) is 3.43. The zero-order valence-electron chi connectivity index (χ0n) is 15.8. The van der Waals surface area contributed by atoms with E-state index in [4.69, 9.17) is 21.1 Å². The largest absolute Gasteiger partial charge is 0.479 e. The molecule has 6 heteroatoms. The summed E-state index contributed by atoms with van der Waals surface area (Å²) in [5.41, 5.74) is 1.94. The van der Waals surface area contributed by atoms with Gasteiger partial charge in [0.2, 0.25) is 0 Å². The van der Waals surface area contributed by atoms with Gasteiger partial charge >= 0.3 is 5.97 Å². The Bertz CT molecular complexity index is 789. The number of anilines is 1. The van der Waals surface area contributed by atoms with Crippen LogP contribution in [0.25, 0.3) is 0 Å². The highest BCUT2D eigenvalue weighted by Crippen LogP contribution is 2.24. The summed E-state index contributed by atoms with van der Waals surface area (Å²) >= 11 is 6.07. The van der Waals surface area contributed by atoms with Crippen molar-refractivity contribution in [3.05, 3.63) is 58.6 Å². The quantitative estimate of drug-likeness (QED) is 0.509. The van der Waals surface area contributed by atoms with Crippen molar-refractivity contribution in [2.24, 2.45) is 0 Å². The highest BCUT2D eigenvalue weighted by atomic mass is 35.5. The fourth-order valence-corrected chi connectivity index (χ4v) is 2.48. The summed E-state index contributed by atoms with van der Waals surface area (Å²) in [4.78, 5) is 24.2. The maximum Gasteiger partial charge on any atom is 0.347 e. The molecule has 2 aromatic rings. The zero-order chi connectivity index (χ0) is 19.8. The standard InChI is InChI=1S/C21H24ClNO4/c1-4-5-13-26-21(25)15(3)27-17-11-9-16(10-12-17)20(24)23-19-8-6-7-18(22)14(19)2/h6-12,15H,4-5,13H2,1-3H3,(H,23,24)/t15-/m1/s1. The Balaban J connectivity index is 1.95. The molecule has 144 valence electrons. The van der Waals surface area contributed by atoms with E-state index in [9.17, 15) is 9.59 Å². The maximum absolute atomic E-state index is 12.4. The molecule has 0 fully saturated rings. The first-order chi connectivity index (χ1) is 12.9. The van der Waals surface area contributed by atoms with Gasteiger partial charge < -0.3 is 14.8 Å². The van der Waals surface area contributed by atoms with Crippen molar-refractivity contribution in [1.29, 1.82) is 0 Å². The fourth-order valence-electron chi connectivity index (χ4n) is 2.31. The number of amides is 1. The number of unbranched alkanes of at least 4 members (excludes halogenated alkanes) is 1. The normalized spacial score (nSPS) is 11.6. The van der Waals surface area contributed by atoms with E-state index in [1.54, 1.807) is 49.4 Å². The molecule has 0 radical (unpaired) electrons. The molecule has 0 aliphatic heterocycles. The van der Waals surface area contributed by atoms with E-state index in [0.29, 0.717) is 28.6 Å². The number of ether oxygens (including phenoxy) is 2. The highest BCUT2D eigenvalue weighted by molar-refractivity contribution is 6.31. The molecule has 2 aromatic carbocycles. The second-order valence-electron chi connectivity index (χ2n) is 6.17. The molecule has 1 amide bonds. The van der Waals surface area contributed by atoms with Gasteiger partial charge in [0.1, 0.15) is 5.75 Å². The summed E-state index contributed by atoms with van der Waals surface area (Å²) in [5.74, 6) is -0.161. The molecule has 0 spiro atoms. The fraction of sp³-hybridized carbons (Fsp3) is 0.333. The van der Waals surface area contributed by atoms with Gasteiger partial charge in [-0.2, -0.15) is 0 Å². The highest BCUT2D eigenvalue weighted by Gasteiger charge is 2.16. The summed E-state index contributed by atoms with van der Waals surface area (Å²) in [6.45, 7) is 5.90. The van der Waals surface area contributed by atoms with E-state index in [-0.39, 0.29) is 5.91 Å². The first-order valence-electron chi connectivity index (χ1n) is 8.92. The molecule has 1 N–H and O–H groups in total. The van der Waals surface area contributed by atoms with Gasteiger partial charge in [-0.1, -0.05) is 31.0 Å². The number of benzene rings is 2. The van der Waals surface area contributed by atoms with Crippen LogP contribution >= 0.6 is 11.6 Å². The van der Waals surface area contributed by atoms with Crippen LogP contribution < -0.4 is 10.1 Å². The second-order valence-corrected chi connectivity index (χ2v) is 6.58. The van der Waals surface area contributed by atoms with Gasteiger partial charge in [0, 0.05) is 16.3 Å². The van der Waals surface area contributed by atoms with Crippen molar-refractivity contribution in [3.63, 3.8) is 0 Å². The third kappa shape index (κ3) is 6.00. The van der Waals surface area contributed by atoms with E-state index in [2.05, 4.69) is 5.32 Å². The number of hydrogen-bond donors (Lipinski definition) is 1. The number of carbonyl (C=O) groups is 2. The van der Waals surface area contributed by atoms with Crippen molar-refractivity contribution in [2.45, 2.75) is 39.7 Å². The van der Waals surface area contributed by atoms with Crippen LogP contribution in [0.15, 0.2) is 42.5 Å². The Kier molecular flexibility index (Phi) is 7.67. The summed E-state index contributed by atoms with van der Waals surface area (Å²) in [6, 6.07) is 11.9. The molecule has 0 aromatic heterocycles. The first kappa shape index (κ1) is 20.8. The lowest BCUT2D eigenvalue weighted by molar-refractivity contribution is -0.151. The van der Waals surface area contributed by atoms with Gasteiger partial charge in [-0.15, -0.1) is 0 Å². The molecule has 0 unspecified atom stereocenters. The first-order valence-corrected chi connectivity index (χ1v) is 9.30. The number of halogens is 1. The minimum Gasteiger partial charge on any atom is -0.479 e. The number of rotatable bonds is 8. The van der Waals surface area contributed by atoms with Crippen molar-refractivity contribution >= 4 is 29.2 Å². The lowest BCUT2D eigenvalue weighted by Crippen LogP contribution is -2.26. The second kappa shape index (κ2) is 9.97. The van der Waals surface area contributed by atoms with E-state index in [1.807, 2.05) is 13.8 Å². The van der Waals surface area contributed by atoms with Gasteiger partial charge in [0.25, 0.3) is 5.91 Å². The maximum atomic E-state index is 12.4. The molecule has 0 saturated carbocycles. The molecule has 0 heterocycles. The molecule has 0 aliphatic carbocycles. The van der Waals surface area contributed by atoms with Crippen LogP contribution in [0.2, 0.25) is 5.02 Å². The number of hydrogen-bond acceptors (Lipinski definition) is 4. The number of esters is 1. The smallest absolute Gasteiger partial charge is 0.347 e. The molecule has 0 bridgehead atoms. The van der Waals surface area contributed by atoms with Crippen LogP contribution in [0.5, 0.6) is 5.75 Å². The molecule has 1 atom stereocenters. The monoisotopic (exact) mass is 389 g/mol. The van der Waals surface area contributed by atoms with Crippen molar-refractivity contribution < 1.29 is 19.1 Å². The lowest BCUT2D eigenvalue weighted by atomic mass is 10.1. The third-order valence-corrected chi connectivity index (χ3v) is 4.43.